The zero-order chi connectivity index (χ0) is 17.5. The van der Waals surface area contributed by atoms with E-state index in [1.165, 1.54) is 0 Å². The first-order chi connectivity index (χ1) is 12.8. The molecule has 0 spiro atoms. The molecule has 3 aromatic rings. The molecule has 0 unspecified atom stereocenters. The molecule has 1 N–H and O–H groups in total. The van der Waals surface area contributed by atoms with Crippen molar-refractivity contribution in [2.24, 2.45) is 0 Å². The van der Waals surface area contributed by atoms with Crippen molar-refractivity contribution in [2.45, 2.75) is 18.8 Å². The van der Waals surface area contributed by atoms with Gasteiger partial charge in [0.05, 0.1) is 11.3 Å². The van der Waals surface area contributed by atoms with Crippen molar-refractivity contribution in [1.82, 2.24) is 15.3 Å². The third kappa shape index (κ3) is 3.55. The summed E-state index contributed by atoms with van der Waals surface area (Å²) < 4.78 is 5.64. The average molecular weight is 385 g/mol. The van der Waals surface area contributed by atoms with Gasteiger partial charge in [0.15, 0.2) is 0 Å². The van der Waals surface area contributed by atoms with Crippen LogP contribution in [0.5, 0.6) is 0 Å². The first kappa shape index (κ1) is 17.9. The Morgan fingerprint density at radius 1 is 1.11 bits per heavy atom. The molecular formula is C20H21ClN4O2. The Bertz CT molecular complexity index is 1030. The van der Waals surface area contributed by atoms with Crippen LogP contribution < -0.4 is 15.8 Å². The lowest BCUT2D eigenvalue weighted by atomic mass is 10.1. The number of aromatic nitrogens is 2. The summed E-state index contributed by atoms with van der Waals surface area (Å²) >= 11 is 0. The van der Waals surface area contributed by atoms with Crippen molar-refractivity contribution in [3.05, 3.63) is 52.8 Å². The molecule has 1 aliphatic carbocycles. The lowest BCUT2D eigenvalue weighted by Gasteiger charge is -2.29. The molecule has 1 saturated heterocycles. The van der Waals surface area contributed by atoms with Crippen LogP contribution in [0.1, 0.15) is 24.6 Å². The maximum atomic E-state index is 12.6. The fourth-order valence-electron chi connectivity index (χ4n) is 3.46. The minimum atomic E-state index is -0.351. The Hall–Kier alpha value is -2.44. The summed E-state index contributed by atoms with van der Waals surface area (Å²) in [6.45, 7) is 3.85. The van der Waals surface area contributed by atoms with Crippen molar-refractivity contribution < 1.29 is 4.42 Å². The largest absolute Gasteiger partial charge is 0.422 e. The Kier molecular flexibility index (Phi) is 4.85. The molecule has 1 aliphatic heterocycles. The number of benzene rings is 1. The van der Waals surface area contributed by atoms with Crippen molar-refractivity contribution in [3.8, 4) is 11.3 Å². The summed E-state index contributed by atoms with van der Waals surface area (Å²) in [5.74, 6) is 1.28. The summed E-state index contributed by atoms with van der Waals surface area (Å²) in [4.78, 5) is 23.8. The smallest absolute Gasteiger partial charge is 0.345 e. The van der Waals surface area contributed by atoms with Crippen LogP contribution in [0.3, 0.4) is 0 Å². The van der Waals surface area contributed by atoms with Gasteiger partial charge in [-0.2, -0.15) is 0 Å². The maximum absolute atomic E-state index is 12.6. The summed E-state index contributed by atoms with van der Waals surface area (Å²) in [7, 11) is 0. The van der Waals surface area contributed by atoms with Crippen LogP contribution in [0.2, 0.25) is 0 Å². The number of fused-ring (bicyclic) bond motifs is 1. The van der Waals surface area contributed by atoms with Crippen LogP contribution in [-0.2, 0) is 0 Å². The van der Waals surface area contributed by atoms with Crippen LogP contribution in [0, 0.1) is 0 Å². The quantitative estimate of drug-likeness (QED) is 0.700. The molecule has 0 atom stereocenters. The molecule has 3 heterocycles. The number of rotatable bonds is 3. The van der Waals surface area contributed by atoms with E-state index in [4.69, 9.17) is 4.42 Å². The molecule has 0 radical (unpaired) electrons. The predicted molar refractivity (Wildman–Crippen MR) is 108 cm³/mol. The van der Waals surface area contributed by atoms with Gasteiger partial charge in [0, 0.05) is 55.4 Å². The number of hydrogen-bond acceptors (Lipinski definition) is 6. The molecule has 0 amide bonds. The number of hydrogen-bond donors (Lipinski definition) is 1. The van der Waals surface area contributed by atoms with Crippen molar-refractivity contribution in [1.29, 1.82) is 0 Å². The zero-order valence-electron chi connectivity index (χ0n) is 14.9. The summed E-state index contributed by atoms with van der Waals surface area (Å²) in [5, 5.41) is 4.25. The second kappa shape index (κ2) is 7.29. The standard InChI is InChI=1S/C20H20N4O2.ClH/c25-20-16(17-5-6-22-19(23-17)13-1-2-13)11-14-3-4-15(12-18(14)26-20)24-9-7-21-8-10-24;/h3-6,11-13,21H,1-2,7-10H2;1H. The molecule has 2 aliphatic rings. The van der Waals surface area contributed by atoms with Crippen molar-refractivity contribution in [3.63, 3.8) is 0 Å². The van der Waals surface area contributed by atoms with Crippen LogP contribution in [0.25, 0.3) is 22.2 Å². The highest BCUT2D eigenvalue weighted by Crippen LogP contribution is 2.38. The van der Waals surface area contributed by atoms with Gasteiger partial charge in [0.1, 0.15) is 11.4 Å². The van der Waals surface area contributed by atoms with E-state index in [1.54, 1.807) is 12.3 Å². The molecule has 5 rings (SSSR count). The first-order valence-corrected chi connectivity index (χ1v) is 9.15. The molecule has 1 aromatic carbocycles. The molecule has 7 heteroatoms. The second-order valence-corrected chi connectivity index (χ2v) is 6.98. The van der Waals surface area contributed by atoms with Crippen LogP contribution >= 0.6 is 12.4 Å². The van der Waals surface area contributed by atoms with E-state index in [9.17, 15) is 4.79 Å². The molecule has 0 bridgehead atoms. The van der Waals surface area contributed by atoms with Gasteiger partial charge >= 0.3 is 5.63 Å². The molecule has 1 saturated carbocycles. The van der Waals surface area contributed by atoms with Crippen LogP contribution in [-0.4, -0.2) is 36.1 Å². The predicted octanol–water partition coefficient (Wildman–Crippen LogP) is 2.96. The Balaban J connectivity index is 0.00000180. The van der Waals surface area contributed by atoms with Gasteiger partial charge in [-0.05, 0) is 37.1 Å². The highest BCUT2D eigenvalue weighted by atomic mass is 35.5. The van der Waals surface area contributed by atoms with E-state index in [1.807, 2.05) is 18.2 Å². The number of piperazine rings is 1. The minimum absolute atomic E-state index is 0. The van der Waals surface area contributed by atoms with Gasteiger partial charge in [0.2, 0.25) is 0 Å². The lowest BCUT2D eigenvalue weighted by Crippen LogP contribution is -2.43. The monoisotopic (exact) mass is 384 g/mol. The number of anilines is 1. The Labute approximate surface area is 163 Å². The molecule has 6 nitrogen and oxygen atoms in total. The summed E-state index contributed by atoms with van der Waals surface area (Å²) in [6.07, 6.45) is 3.99. The molecule has 27 heavy (non-hydrogen) atoms. The van der Waals surface area contributed by atoms with Gasteiger partial charge in [0.25, 0.3) is 0 Å². The van der Waals surface area contributed by atoms with E-state index in [-0.39, 0.29) is 18.0 Å². The van der Waals surface area contributed by atoms with E-state index in [0.29, 0.717) is 22.8 Å². The Morgan fingerprint density at radius 3 is 2.70 bits per heavy atom. The normalized spacial score (nSPS) is 17.0. The van der Waals surface area contributed by atoms with Gasteiger partial charge < -0.3 is 14.6 Å². The van der Waals surface area contributed by atoms with Crippen molar-refractivity contribution in [2.75, 3.05) is 31.1 Å². The van der Waals surface area contributed by atoms with Gasteiger partial charge in [-0.3, -0.25) is 0 Å². The molecule has 140 valence electrons. The lowest BCUT2D eigenvalue weighted by molar-refractivity contribution is 0.561. The molecule has 2 aromatic heterocycles. The van der Waals surface area contributed by atoms with Crippen molar-refractivity contribution >= 4 is 29.1 Å². The fourth-order valence-corrected chi connectivity index (χ4v) is 3.46. The molecule has 2 fully saturated rings. The van der Waals surface area contributed by atoms with Gasteiger partial charge in [-0.15, -0.1) is 12.4 Å². The van der Waals surface area contributed by atoms with Gasteiger partial charge in [-0.25, -0.2) is 14.8 Å². The highest BCUT2D eigenvalue weighted by Gasteiger charge is 2.27. The minimum Gasteiger partial charge on any atom is -0.422 e. The summed E-state index contributed by atoms with van der Waals surface area (Å²) in [6, 6.07) is 9.72. The number of halogens is 1. The van der Waals surface area contributed by atoms with E-state index in [0.717, 1.165) is 55.9 Å². The fraction of sp³-hybridized carbons (Fsp3) is 0.350. The SMILES string of the molecule is Cl.O=c1oc2cc(N3CCNCC3)ccc2cc1-c1ccnc(C2CC2)n1. The topological polar surface area (TPSA) is 71.3 Å². The highest BCUT2D eigenvalue weighted by molar-refractivity contribution is 5.85. The third-order valence-electron chi connectivity index (χ3n) is 5.09. The second-order valence-electron chi connectivity index (χ2n) is 6.98. The third-order valence-corrected chi connectivity index (χ3v) is 5.09. The van der Waals surface area contributed by atoms with Gasteiger partial charge in [-0.1, -0.05) is 0 Å². The maximum Gasteiger partial charge on any atom is 0.345 e. The van der Waals surface area contributed by atoms with E-state index in [2.05, 4.69) is 26.3 Å². The first-order valence-electron chi connectivity index (χ1n) is 9.15. The average Bonchev–Trinajstić information content (AvgIpc) is 3.53. The van der Waals surface area contributed by atoms with Crippen LogP contribution in [0.4, 0.5) is 5.69 Å². The number of nitrogens with one attached hydrogen (secondary N) is 1. The zero-order valence-corrected chi connectivity index (χ0v) is 15.7. The molecular weight excluding hydrogens is 364 g/mol. The Morgan fingerprint density at radius 2 is 1.93 bits per heavy atom. The van der Waals surface area contributed by atoms with Crippen LogP contribution in [0.15, 0.2) is 45.7 Å². The van der Waals surface area contributed by atoms with E-state index >= 15 is 0 Å². The summed E-state index contributed by atoms with van der Waals surface area (Å²) in [5.41, 5.74) is 2.50. The number of nitrogens with zero attached hydrogens (tertiary/aromatic N) is 3. The van der Waals surface area contributed by atoms with E-state index < -0.39 is 0 Å².